The third-order valence-corrected chi connectivity index (χ3v) is 6.55. The van der Waals surface area contributed by atoms with Gasteiger partial charge in [0.2, 0.25) is 5.91 Å². The van der Waals surface area contributed by atoms with Crippen LogP contribution >= 0.6 is 11.6 Å². The fraction of sp³-hybridized carbons (Fsp3) is 0.192. The molecule has 0 aliphatic carbocycles. The standard InChI is InChI=1S/C26H18ClF3N2O5/c1-36-25(35)15-7-5-14(6-8-15)21-20-22(37-32(21)18-11-9-17(27)10-12-18)24(34)31(23(20)33)19-4-2-3-16(13-19)26(28,29)30/h2-13,20-22H,1H3/t20-,21-,22-/m1/s1. The van der Waals surface area contributed by atoms with Gasteiger partial charge >= 0.3 is 12.1 Å². The largest absolute Gasteiger partial charge is 0.465 e. The first-order chi connectivity index (χ1) is 17.6. The minimum absolute atomic E-state index is 0.194. The number of anilines is 2. The Morgan fingerprint density at radius 3 is 2.24 bits per heavy atom. The molecular weight excluding hydrogens is 513 g/mol. The highest BCUT2D eigenvalue weighted by molar-refractivity contribution is 6.30. The van der Waals surface area contributed by atoms with Crippen LogP contribution in [-0.4, -0.2) is 31.0 Å². The molecule has 2 heterocycles. The van der Waals surface area contributed by atoms with Crippen LogP contribution in [-0.2, 0) is 25.3 Å². The molecule has 2 fully saturated rings. The van der Waals surface area contributed by atoms with Crippen molar-refractivity contribution in [2.24, 2.45) is 5.92 Å². The maximum atomic E-state index is 13.6. The molecule has 2 aliphatic heterocycles. The number of rotatable bonds is 4. The zero-order valence-electron chi connectivity index (χ0n) is 19.1. The van der Waals surface area contributed by atoms with Crippen molar-refractivity contribution >= 4 is 40.8 Å². The van der Waals surface area contributed by atoms with E-state index in [4.69, 9.17) is 21.2 Å². The Kier molecular flexibility index (Phi) is 6.17. The number of carbonyl (C=O) groups excluding carboxylic acids is 3. The zero-order valence-corrected chi connectivity index (χ0v) is 19.9. The second-order valence-electron chi connectivity index (χ2n) is 8.47. The van der Waals surface area contributed by atoms with Gasteiger partial charge in [-0.25, -0.2) is 14.8 Å². The number of benzene rings is 3. The number of esters is 1. The van der Waals surface area contributed by atoms with Crippen LogP contribution in [0.5, 0.6) is 0 Å². The highest BCUT2D eigenvalue weighted by atomic mass is 35.5. The van der Waals surface area contributed by atoms with Gasteiger partial charge in [0.15, 0.2) is 6.10 Å². The monoisotopic (exact) mass is 530 g/mol. The maximum absolute atomic E-state index is 13.6. The van der Waals surface area contributed by atoms with E-state index in [1.54, 1.807) is 36.4 Å². The number of hydrogen-bond donors (Lipinski definition) is 0. The van der Waals surface area contributed by atoms with E-state index in [1.807, 2.05) is 0 Å². The first kappa shape index (κ1) is 24.8. The lowest BCUT2D eigenvalue weighted by molar-refractivity contribution is -0.137. The van der Waals surface area contributed by atoms with Crippen molar-refractivity contribution in [1.82, 2.24) is 0 Å². The van der Waals surface area contributed by atoms with Gasteiger partial charge in [-0.1, -0.05) is 29.8 Å². The summed E-state index contributed by atoms with van der Waals surface area (Å²) in [6.07, 6.45) is -5.92. The van der Waals surface area contributed by atoms with Crippen molar-refractivity contribution in [1.29, 1.82) is 0 Å². The summed E-state index contributed by atoms with van der Waals surface area (Å²) < 4.78 is 44.6. The van der Waals surface area contributed by atoms with Gasteiger partial charge in [-0.15, -0.1) is 0 Å². The molecule has 2 saturated heterocycles. The molecule has 0 saturated carbocycles. The van der Waals surface area contributed by atoms with Gasteiger partial charge in [0.1, 0.15) is 5.92 Å². The van der Waals surface area contributed by atoms with Gasteiger partial charge < -0.3 is 4.74 Å². The van der Waals surface area contributed by atoms with E-state index in [-0.39, 0.29) is 11.3 Å². The van der Waals surface area contributed by atoms with Gasteiger partial charge in [0, 0.05) is 5.02 Å². The van der Waals surface area contributed by atoms with Crippen molar-refractivity contribution in [2.75, 3.05) is 17.1 Å². The van der Waals surface area contributed by atoms with Crippen molar-refractivity contribution in [2.45, 2.75) is 18.3 Å². The SMILES string of the molecule is COC(=O)c1ccc([C@@H]2[C@H]3C(=O)N(c4cccc(C(F)(F)F)c4)C(=O)[C@@H]3ON2c2ccc(Cl)cc2)cc1. The predicted molar refractivity (Wildman–Crippen MR) is 127 cm³/mol. The van der Waals surface area contributed by atoms with Gasteiger partial charge in [-0.3, -0.25) is 14.4 Å². The summed E-state index contributed by atoms with van der Waals surface area (Å²) in [4.78, 5) is 45.5. The number of carbonyl (C=O) groups is 3. The van der Waals surface area contributed by atoms with E-state index < -0.39 is 47.6 Å². The number of fused-ring (bicyclic) bond motifs is 1. The lowest BCUT2D eigenvalue weighted by atomic mass is 9.90. The molecule has 0 radical (unpaired) electrons. The van der Waals surface area contributed by atoms with E-state index >= 15 is 0 Å². The van der Waals surface area contributed by atoms with E-state index in [9.17, 15) is 27.6 Å². The first-order valence-electron chi connectivity index (χ1n) is 11.0. The average Bonchev–Trinajstić information content (AvgIpc) is 3.39. The predicted octanol–water partition coefficient (Wildman–Crippen LogP) is 5.20. The molecule has 3 aromatic carbocycles. The van der Waals surface area contributed by atoms with Crippen molar-refractivity contribution < 1.29 is 37.1 Å². The summed E-state index contributed by atoms with van der Waals surface area (Å²) in [6.45, 7) is 0. The fourth-order valence-corrected chi connectivity index (χ4v) is 4.70. The van der Waals surface area contributed by atoms with E-state index in [1.165, 1.54) is 30.4 Å². The van der Waals surface area contributed by atoms with Gasteiger partial charge in [0.05, 0.1) is 35.7 Å². The smallest absolute Gasteiger partial charge is 0.416 e. The van der Waals surface area contributed by atoms with Crippen LogP contribution in [0.3, 0.4) is 0 Å². The summed E-state index contributed by atoms with van der Waals surface area (Å²) in [5.41, 5.74) is 0.148. The molecule has 0 spiro atoms. The highest BCUT2D eigenvalue weighted by Crippen LogP contribution is 2.48. The lowest BCUT2D eigenvalue weighted by Crippen LogP contribution is -2.37. The topological polar surface area (TPSA) is 76.2 Å². The number of hydroxylamine groups is 1. The van der Waals surface area contributed by atoms with Crippen molar-refractivity contribution in [3.63, 3.8) is 0 Å². The van der Waals surface area contributed by atoms with Crippen LogP contribution in [0.1, 0.15) is 27.5 Å². The summed E-state index contributed by atoms with van der Waals surface area (Å²) in [5.74, 6) is -3.10. The third-order valence-electron chi connectivity index (χ3n) is 6.30. The fourth-order valence-electron chi connectivity index (χ4n) is 4.58. The number of ether oxygens (including phenoxy) is 1. The van der Waals surface area contributed by atoms with Crippen LogP contribution in [0.25, 0.3) is 0 Å². The number of methoxy groups -OCH3 is 1. The Bertz CT molecular complexity index is 1380. The Morgan fingerprint density at radius 1 is 0.946 bits per heavy atom. The number of alkyl halides is 3. The molecule has 7 nitrogen and oxygen atoms in total. The molecule has 0 N–H and O–H groups in total. The molecule has 37 heavy (non-hydrogen) atoms. The second kappa shape index (κ2) is 9.20. The normalized spacial score (nSPS) is 21.4. The summed E-state index contributed by atoms with van der Waals surface area (Å²) in [6, 6.07) is 16.0. The van der Waals surface area contributed by atoms with Crippen LogP contribution < -0.4 is 9.96 Å². The third kappa shape index (κ3) is 4.32. The van der Waals surface area contributed by atoms with Crippen LogP contribution in [0.4, 0.5) is 24.5 Å². The molecule has 0 bridgehead atoms. The zero-order chi connectivity index (χ0) is 26.5. The Balaban J connectivity index is 1.56. The van der Waals surface area contributed by atoms with E-state index in [2.05, 4.69) is 0 Å². The van der Waals surface area contributed by atoms with Crippen LogP contribution in [0.15, 0.2) is 72.8 Å². The molecule has 11 heteroatoms. The first-order valence-corrected chi connectivity index (χ1v) is 11.4. The number of halogens is 4. The van der Waals surface area contributed by atoms with Crippen molar-refractivity contribution in [3.05, 3.63) is 94.5 Å². The summed E-state index contributed by atoms with van der Waals surface area (Å²) in [5, 5.41) is 1.88. The minimum Gasteiger partial charge on any atom is -0.465 e. The molecule has 3 aromatic rings. The van der Waals surface area contributed by atoms with Gasteiger partial charge in [0.25, 0.3) is 5.91 Å². The van der Waals surface area contributed by atoms with E-state index in [0.29, 0.717) is 16.3 Å². The Hall–Kier alpha value is -3.89. The molecule has 3 atom stereocenters. The minimum atomic E-state index is -4.65. The molecule has 190 valence electrons. The second-order valence-corrected chi connectivity index (χ2v) is 8.91. The van der Waals surface area contributed by atoms with Gasteiger partial charge in [-0.2, -0.15) is 13.2 Å². The molecule has 0 aromatic heterocycles. The lowest BCUT2D eigenvalue weighted by Gasteiger charge is -2.29. The molecule has 5 rings (SSSR count). The Labute approximate surface area is 213 Å². The Morgan fingerprint density at radius 2 is 1.62 bits per heavy atom. The molecule has 2 aliphatic rings. The number of hydrogen-bond acceptors (Lipinski definition) is 6. The number of amides is 2. The maximum Gasteiger partial charge on any atom is 0.416 e. The molecule has 2 amide bonds. The number of imide groups is 1. The van der Waals surface area contributed by atoms with Crippen molar-refractivity contribution in [3.8, 4) is 0 Å². The van der Waals surface area contributed by atoms with Crippen LogP contribution in [0, 0.1) is 5.92 Å². The van der Waals surface area contributed by atoms with Crippen LogP contribution in [0.2, 0.25) is 5.02 Å². The van der Waals surface area contributed by atoms with Gasteiger partial charge in [-0.05, 0) is 60.2 Å². The summed E-state index contributed by atoms with van der Waals surface area (Å²) in [7, 11) is 1.25. The quantitative estimate of drug-likeness (QED) is 0.341. The molecular formula is C26H18ClF3N2O5. The number of nitrogens with zero attached hydrogens (tertiary/aromatic N) is 2. The average molecular weight is 531 g/mol. The highest BCUT2D eigenvalue weighted by Gasteiger charge is 2.60. The molecule has 0 unspecified atom stereocenters. The summed E-state index contributed by atoms with van der Waals surface area (Å²) >= 11 is 6.01. The van der Waals surface area contributed by atoms with E-state index in [0.717, 1.165) is 23.1 Å².